The molecule has 1 aliphatic heterocycles. The highest BCUT2D eigenvalue weighted by atomic mass is 79.9. The number of rotatable bonds is 2. The zero-order valence-electron chi connectivity index (χ0n) is 14.1. The molecular formula is C19H18BrN5. The standard InChI is InChI=1S/C19H18BrN5/c1-23(2)10-13-9-12-7-8-14(20)17-18(12)25(13)16-6-4-3-5-15(16)24-11-21-22-19(17)24/h3-9,21H,10-11H2,1-2H3. The van der Waals surface area contributed by atoms with Gasteiger partial charge < -0.3 is 13.9 Å². The molecule has 2 aromatic carbocycles. The number of hydrogen-bond donors (Lipinski definition) is 1. The van der Waals surface area contributed by atoms with E-state index in [1.165, 1.54) is 27.6 Å². The summed E-state index contributed by atoms with van der Waals surface area (Å²) in [6.07, 6.45) is 0. The van der Waals surface area contributed by atoms with Crippen LogP contribution in [0.4, 0.5) is 0 Å². The van der Waals surface area contributed by atoms with Crippen LogP contribution in [-0.2, 0) is 13.2 Å². The van der Waals surface area contributed by atoms with E-state index >= 15 is 0 Å². The minimum atomic E-state index is 0.684. The van der Waals surface area contributed by atoms with Crippen LogP contribution in [0.25, 0.3) is 27.3 Å². The van der Waals surface area contributed by atoms with Gasteiger partial charge in [0.1, 0.15) is 6.67 Å². The molecule has 0 atom stereocenters. The molecule has 3 heterocycles. The van der Waals surface area contributed by atoms with E-state index in [0.717, 1.165) is 21.9 Å². The number of hydrogen-bond acceptors (Lipinski definition) is 3. The average Bonchev–Trinajstić information content (AvgIpc) is 3.16. The molecule has 2 aromatic heterocycles. The van der Waals surface area contributed by atoms with Gasteiger partial charge in [0.25, 0.3) is 0 Å². The third kappa shape index (κ3) is 2.07. The van der Waals surface area contributed by atoms with Crippen LogP contribution in [0.15, 0.2) is 52.0 Å². The number of fused-ring (bicyclic) bond motifs is 5. The van der Waals surface area contributed by atoms with Crippen LogP contribution in [0, 0.1) is 0 Å². The summed E-state index contributed by atoms with van der Waals surface area (Å²) < 4.78 is 5.71. The Hall–Kier alpha value is -2.31. The molecule has 25 heavy (non-hydrogen) atoms. The molecule has 0 amide bonds. The largest absolute Gasteiger partial charge is 0.309 e. The normalized spacial score (nSPS) is 13.6. The number of nitrogens with one attached hydrogen (secondary N) is 1. The predicted molar refractivity (Wildman–Crippen MR) is 104 cm³/mol. The van der Waals surface area contributed by atoms with Crippen molar-refractivity contribution in [1.82, 2.24) is 19.3 Å². The Morgan fingerprint density at radius 2 is 1.96 bits per heavy atom. The summed E-state index contributed by atoms with van der Waals surface area (Å²) in [5.41, 5.74) is 8.98. The topological polar surface area (TPSA) is 37.0 Å². The highest BCUT2D eigenvalue weighted by Crippen LogP contribution is 2.31. The van der Waals surface area contributed by atoms with Crippen molar-refractivity contribution in [3.63, 3.8) is 0 Å². The van der Waals surface area contributed by atoms with Gasteiger partial charge in [0.15, 0.2) is 5.49 Å². The lowest BCUT2D eigenvalue weighted by molar-refractivity contribution is 0.396. The third-order valence-electron chi connectivity index (χ3n) is 4.78. The SMILES string of the molecule is CN(C)Cc1cc2ccc(Br)c3c4n(c5ccccc5n1c23)CNN=4. The van der Waals surface area contributed by atoms with Gasteiger partial charge >= 0.3 is 0 Å². The Labute approximate surface area is 153 Å². The Morgan fingerprint density at radius 1 is 1.16 bits per heavy atom. The number of aromatic nitrogens is 2. The van der Waals surface area contributed by atoms with Crippen LogP contribution in [-0.4, -0.2) is 28.0 Å². The van der Waals surface area contributed by atoms with Gasteiger partial charge in [-0.1, -0.05) is 18.2 Å². The molecule has 1 N–H and O–H groups in total. The summed E-state index contributed by atoms with van der Waals surface area (Å²) in [7, 11) is 4.22. The van der Waals surface area contributed by atoms with Gasteiger partial charge in [-0.2, -0.15) is 5.10 Å². The minimum Gasteiger partial charge on any atom is -0.309 e. The van der Waals surface area contributed by atoms with Crippen molar-refractivity contribution in [3.05, 3.63) is 58.1 Å². The van der Waals surface area contributed by atoms with E-state index in [1.807, 2.05) is 0 Å². The fraction of sp³-hybridized carbons (Fsp3) is 0.211. The van der Waals surface area contributed by atoms with Crippen molar-refractivity contribution in [3.8, 4) is 0 Å². The molecular weight excluding hydrogens is 378 g/mol. The van der Waals surface area contributed by atoms with Gasteiger partial charge in [-0.3, -0.25) is 5.43 Å². The van der Waals surface area contributed by atoms with Crippen molar-refractivity contribution in [2.75, 3.05) is 14.1 Å². The summed E-state index contributed by atoms with van der Waals surface area (Å²) in [4.78, 5) is 2.21. The van der Waals surface area contributed by atoms with Crippen molar-refractivity contribution in [2.24, 2.45) is 5.10 Å². The molecule has 0 saturated carbocycles. The Kier molecular flexibility index (Phi) is 3.20. The first-order chi connectivity index (χ1) is 12.1. The van der Waals surface area contributed by atoms with Crippen LogP contribution in [0.3, 0.4) is 0 Å². The lowest BCUT2D eigenvalue weighted by Crippen LogP contribution is -2.15. The van der Waals surface area contributed by atoms with E-state index in [4.69, 9.17) is 0 Å². The van der Waals surface area contributed by atoms with E-state index in [1.54, 1.807) is 0 Å². The smallest absolute Gasteiger partial charge is 0.165 e. The number of nitrogens with zero attached hydrogens (tertiary/aromatic N) is 4. The van der Waals surface area contributed by atoms with Crippen molar-refractivity contribution in [1.29, 1.82) is 0 Å². The first-order valence-corrected chi connectivity index (χ1v) is 9.10. The van der Waals surface area contributed by atoms with Crippen LogP contribution in [0.5, 0.6) is 0 Å². The van der Waals surface area contributed by atoms with Crippen molar-refractivity contribution >= 4 is 43.3 Å². The Morgan fingerprint density at radius 3 is 2.76 bits per heavy atom. The fourth-order valence-electron chi connectivity index (χ4n) is 3.84. The summed E-state index contributed by atoms with van der Waals surface area (Å²) >= 11 is 3.76. The molecule has 0 saturated heterocycles. The molecule has 4 aromatic rings. The molecule has 5 nitrogen and oxygen atoms in total. The molecule has 0 fully saturated rings. The first kappa shape index (κ1) is 15.0. The number of para-hydroxylation sites is 2. The maximum absolute atomic E-state index is 4.61. The van der Waals surface area contributed by atoms with Crippen molar-refractivity contribution < 1.29 is 0 Å². The molecule has 0 bridgehead atoms. The summed E-state index contributed by atoms with van der Waals surface area (Å²) in [5, 5.41) is 6.99. The van der Waals surface area contributed by atoms with Gasteiger partial charge in [0.2, 0.25) is 0 Å². The van der Waals surface area contributed by atoms with E-state index in [2.05, 4.69) is 96.9 Å². The van der Waals surface area contributed by atoms with Crippen LogP contribution < -0.4 is 10.9 Å². The molecule has 1 aliphatic rings. The second-order valence-corrected chi connectivity index (χ2v) is 7.59. The molecule has 126 valence electrons. The second-order valence-electron chi connectivity index (χ2n) is 6.74. The van der Waals surface area contributed by atoms with Gasteiger partial charge in [-0.05, 0) is 54.3 Å². The quantitative estimate of drug-likeness (QED) is 0.565. The van der Waals surface area contributed by atoms with Gasteiger partial charge in [0, 0.05) is 22.1 Å². The van der Waals surface area contributed by atoms with Crippen LogP contribution in [0.2, 0.25) is 0 Å². The summed E-state index contributed by atoms with van der Waals surface area (Å²) in [6, 6.07) is 15.2. The van der Waals surface area contributed by atoms with Gasteiger partial charge in [-0.15, -0.1) is 0 Å². The maximum atomic E-state index is 4.61. The fourth-order valence-corrected chi connectivity index (χ4v) is 4.34. The van der Waals surface area contributed by atoms with Crippen molar-refractivity contribution in [2.45, 2.75) is 13.2 Å². The second kappa shape index (κ2) is 5.34. The average molecular weight is 396 g/mol. The highest BCUT2D eigenvalue weighted by molar-refractivity contribution is 9.10. The lowest BCUT2D eigenvalue weighted by atomic mass is 10.2. The minimum absolute atomic E-state index is 0.684. The third-order valence-corrected chi connectivity index (χ3v) is 5.44. The van der Waals surface area contributed by atoms with E-state index < -0.39 is 0 Å². The zero-order valence-corrected chi connectivity index (χ0v) is 15.7. The van der Waals surface area contributed by atoms with E-state index in [0.29, 0.717) is 6.67 Å². The Bertz CT molecular complexity index is 1220. The Balaban J connectivity index is 2.16. The summed E-state index contributed by atoms with van der Waals surface area (Å²) in [5.74, 6) is 0. The zero-order chi connectivity index (χ0) is 17.1. The molecule has 0 aliphatic carbocycles. The van der Waals surface area contributed by atoms with Gasteiger partial charge in [0.05, 0.1) is 21.9 Å². The number of benzene rings is 2. The molecule has 0 spiro atoms. The molecule has 0 unspecified atom stereocenters. The monoisotopic (exact) mass is 395 g/mol. The summed E-state index contributed by atoms with van der Waals surface area (Å²) in [6.45, 7) is 1.56. The highest BCUT2D eigenvalue weighted by Gasteiger charge is 2.18. The molecule has 0 radical (unpaired) electrons. The number of halogens is 1. The maximum Gasteiger partial charge on any atom is 0.165 e. The first-order valence-electron chi connectivity index (χ1n) is 8.30. The lowest BCUT2D eigenvalue weighted by Gasteiger charge is -2.11. The van der Waals surface area contributed by atoms with Crippen LogP contribution >= 0.6 is 15.9 Å². The van der Waals surface area contributed by atoms with E-state index in [9.17, 15) is 0 Å². The van der Waals surface area contributed by atoms with Crippen LogP contribution in [0.1, 0.15) is 5.69 Å². The van der Waals surface area contributed by atoms with E-state index in [-0.39, 0.29) is 0 Å². The molecule has 6 heteroatoms. The predicted octanol–water partition coefficient (Wildman–Crippen LogP) is 3.25. The van der Waals surface area contributed by atoms with Gasteiger partial charge in [-0.25, -0.2) is 0 Å². The molecule has 5 rings (SSSR count).